The zero-order valence-electron chi connectivity index (χ0n) is 15.3. The van der Waals surface area contributed by atoms with Gasteiger partial charge in [0.2, 0.25) is 10.0 Å². The predicted molar refractivity (Wildman–Crippen MR) is 105 cm³/mol. The standard InChI is InChI=1S/C18H29BrN2O3S/c1-14-10-15(2)13-21(12-14)9-5-4-8-20-25(22,23)16-6-7-18(24-3)17(19)11-16/h6-7,11,14-15,20H,4-5,8-10,12-13H2,1-3H3. The number of hydrogen-bond donors (Lipinski definition) is 1. The van der Waals surface area contributed by atoms with E-state index in [0.717, 1.165) is 44.3 Å². The Balaban J connectivity index is 1.76. The number of likely N-dealkylation sites (tertiary alicyclic amines) is 1. The Labute approximate surface area is 160 Å². The van der Waals surface area contributed by atoms with Gasteiger partial charge >= 0.3 is 0 Å². The van der Waals surface area contributed by atoms with Gasteiger partial charge < -0.3 is 9.64 Å². The van der Waals surface area contributed by atoms with Crippen LogP contribution in [0.4, 0.5) is 0 Å². The molecule has 1 aliphatic heterocycles. The average molecular weight is 433 g/mol. The molecule has 25 heavy (non-hydrogen) atoms. The minimum Gasteiger partial charge on any atom is -0.496 e. The van der Waals surface area contributed by atoms with Crippen molar-refractivity contribution in [1.29, 1.82) is 0 Å². The van der Waals surface area contributed by atoms with Crippen molar-refractivity contribution in [1.82, 2.24) is 9.62 Å². The molecule has 1 heterocycles. The Hall–Kier alpha value is -0.630. The van der Waals surface area contributed by atoms with E-state index < -0.39 is 10.0 Å². The summed E-state index contributed by atoms with van der Waals surface area (Å²) in [6, 6.07) is 4.78. The van der Waals surface area contributed by atoms with Gasteiger partial charge in [-0.1, -0.05) is 13.8 Å². The molecule has 7 heteroatoms. The molecule has 0 bridgehead atoms. The highest BCUT2D eigenvalue weighted by Gasteiger charge is 2.21. The van der Waals surface area contributed by atoms with Crippen molar-refractivity contribution in [2.75, 3.05) is 33.3 Å². The van der Waals surface area contributed by atoms with Gasteiger partial charge in [0.25, 0.3) is 0 Å². The molecule has 1 aromatic rings. The first-order chi connectivity index (χ1) is 11.8. The smallest absolute Gasteiger partial charge is 0.240 e. The van der Waals surface area contributed by atoms with Crippen LogP contribution in [0.25, 0.3) is 0 Å². The van der Waals surface area contributed by atoms with Crippen LogP contribution in [-0.4, -0.2) is 46.6 Å². The molecule has 0 amide bonds. The number of rotatable bonds is 8. The summed E-state index contributed by atoms with van der Waals surface area (Å²) in [5, 5.41) is 0. The van der Waals surface area contributed by atoms with Crippen LogP contribution in [0.1, 0.15) is 33.1 Å². The molecule has 0 aliphatic carbocycles. The molecular weight excluding hydrogens is 404 g/mol. The van der Waals surface area contributed by atoms with Gasteiger partial charge in [0.05, 0.1) is 16.5 Å². The van der Waals surface area contributed by atoms with Crippen LogP contribution in [0.3, 0.4) is 0 Å². The highest BCUT2D eigenvalue weighted by atomic mass is 79.9. The molecular formula is C18H29BrN2O3S. The number of unbranched alkanes of at least 4 members (excludes halogenated alkanes) is 1. The molecule has 1 fully saturated rings. The van der Waals surface area contributed by atoms with E-state index in [9.17, 15) is 8.42 Å². The van der Waals surface area contributed by atoms with Crippen molar-refractivity contribution in [3.05, 3.63) is 22.7 Å². The van der Waals surface area contributed by atoms with Crippen LogP contribution in [0, 0.1) is 11.8 Å². The lowest BCUT2D eigenvalue weighted by molar-refractivity contribution is 0.139. The monoisotopic (exact) mass is 432 g/mol. The maximum absolute atomic E-state index is 12.4. The molecule has 0 aromatic heterocycles. The Morgan fingerprint density at radius 2 is 1.92 bits per heavy atom. The maximum Gasteiger partial charge on any atom is 0.240 e. The van der Waals surface area contributed by atoms with E-state index in [4.69, 9.17) is 4.74 Å². The van der Waals surface area contributed by atoms with E-state index in [2.05, 4.69) is 39.4 Å². The second-order valence-electron chi connectivity index (χ2n) is 7.11. The summed E-state index contributed by atoms with van der Waals surface area (Å²) in [7, 11) is -1.93. The Morgan fingerprint density at radius 1 is 1.24 bits per heavy atom. The topological polar surface area (TPSA) is 58.6 Å². The van der Waals surface area contributed by atoms with Gasteiger partial charge in [-0.15, -0.1) is 0 Å². The molecule has 2 unspecified atom stereocenters. The van der Waals surface area contributed by atoms with E-state index in [1.807, 2.05) is 0 Å². The van der Waals surface area contributed by atoms with Crippen LogP contribution >= 0.6 is 15.9 Å². The highest BCUT2D eigenvalue weighted by Crippen LogP contribution is 2.27. The predicted octanol–water partition coefficient (Wildman–Crippen LogP) is 3.49. The van der Waals surface area contributed by atoms with E-state index in [-0.39, 0.29) is 4.90 Å². The van der Waals surface area contributed by atoms with Crippen LogP contribution < -0.4 is 9.46 Å². The first kappa shape index (κ1) is 20.7. The van der Waals surface area contributed by atoms with Crippen LogP contribution in [-0.2, 0) is 10.0 Å². The summed E-state index contributed by atoms with van der Waals surface area (Å²) < 4.78 is 33.2. The number of nitrogens with zero attached hydrogens (tertiary/aromatic N) is 1. The lowest BCUT2D eigenvalue weighted by Gasteiger charge is -2.34. The Kier molecular flexibility index (Phi) is 7.73. The highest BCUT2D eigenvalue weighted by molar-refractivity contribution is 9.10. The largest absolute Gasteiger partial charge is 0.496 e. The van der Waals surface area contributed by atoms with Crippen LogP contribution in [0.15, 0.2) is 27.6 Å². The first-order valence-electron chi connectivity index (χ1n) is 8.87. The first-order valence-corrected chi connectivity index (χ1v) is 11.1. The Bertz CT molecular complexity index is 656. The van der Waals surface area contributed by atoms with Gasteiger partial charge in [0, 0.05) is 19.6 Å². The van der Waals surface area contributed by atoms with Crippen LogP contribution in [0.5, 0.6) is 5.75 Å². The number of piperidine rings is 1. The third kappa shape index (κ3) is 6.24. The molecule has 2 atom stereocenters. The molecule has 1 saturated heterocycles. The SMILES string of the molecule is COc1ccc(S(=O)(=O)NCCCCN2CC(C)CC(C)C2)cc1Br. The summed E-state index contributed by atoms with van der Waals surface area (Å²) in [5.41, 5.74) is 0. The minimum atomic E-state index is -3.48. The van der Waals surface area contributed by atoms with E-state index in [1.54, 1.807) is 25.3 Å². The fourth-order valence-corrected chi connectivity index (χ4v) is 5.33. The molecule has 2 rings (SSSR count). The van der Waals surface area contributed by atoms with Crippen molar-refractivity contribution in [3.8, 4) is 5.75 Å². The maximum atomic E-state index is 12.4. The summed E-state index contributed by atoms with van der Waals surface area (Å²) in [6.45, 7) is 8.45. The third-order valence-corrected chi connectivity index (χ3v) is 6.65. The number of sulfonamides is 1. The number of halogens is 1. The summed E-state index contributed by atoms with van der Waals surface area (Å²) in [5.74, 6) is 2.13. The summed E-state index contributed by atoms with van der Waals surface area (Å²) in [4.78, 5) is 2.76. The molecule has 0 spiro atoms. The molecule has 142 valence electrons. The fourth-order valence-electron chi connectivity index (χ4n) is 3.54. The van der Waals surface area contributed by atoms with Gasteiger partial charge in [-0.2, -0.15) is 0 Å². The fraction of sp³-hybridized carbons (Fsp3) is 0.667. The van der Waals surface area contributed by atoms with Crippen molar-refractivity contribution < 1.29 is 13.2 Å². The number of ether oxygens (including phenoxy) is 1. The van der Waals surface area contributed by atoms with Gasteiger partial charge in [0.1, 0.15) is 5.75 Å². The van der Waals surface area contributed by atoms with Gasteiger partial charge in [-0.05, 0) is 71.8 Å². The molecule has 1 N–H and O–H groups in total. The number of methoxy groups -OCH3 is 1. The molecule has 1 aromatic carbocycles. The number of nitrogens with one attached hydrogen (secondary N) is 1. The molecule has 0 radical (unpaired) electrons. The minimum absolute atomic E-state index is 0.249. The normalized spacial score (nSPS) is 22.1. The zero-order valence-corrected chi connectivity index (χ0v) is 17.7. The Morgan fingerprint density at radius 3 is 2.52 bits per heavy atom. The number of benzene rings is 1. The van der Waals surface area contributed by atoms with Gasteiger partial charge in [-0.3, -0.25) is 0 Å². The molecule has 1 aliphatic rings. The van der Waals surface area contributed by atoms with E-state index in [0.29, 0.717) is 16.8 Å². The quantitative estimate of drug-likeness (QED) is 0.638. The van der Waals surface area contributed by atoms with E-state index >= 15 is 0 Å². The average Bonchev–Trinajstić information content (AvgIpc) is 2.53. The van der Waals surface area contributed by atoms with Crippen LogP contribution in [0.2, 0.25) is 0 Å². The second kappa shape index (κ2) is 9.35. The number of hydrogen-bond acceptors (Lipinski definition) is 4. The summed E-state index contributed by atoms with van der Waals surface area (Å²) >= 11 is 3.32. The lowest BCUT2D eigenvalue weighted by atomic mass is 9.92. The van der Waals surface area contributed by atoms with Crippen molar-refractivity contribution in [3.63, 3.8) is 0 Å². The van der Waals surface area contributed by atoms with Crippen molar-refractivity contribution in [2.45, 2.75) is 38.0 Å². The molecule has 0 saturated carbocycles. The van der Waals surface area contributed by atoms with Gasteiger partial charge in [0.15, 0.2) is 0 Å². The van der Waals surface area contributed by atoms with E-state index in [1.165, 1.54) is 6.42 Å². The lowest BCUT2D eigenvalue weighted by Crippen LogP contribution is -2.39. The molecule has 5 nitrogen and oxygen atoms in total. The summed E-state index contributed by atoms with van der Waals surface area (Å²) in [6.07, 6.45) is 3.16. The second-order valence-corrected chi connectivity index (χ2v) is 9.73. The van der Waals surface area contributed by atoms with Crippen molar-refractivity contribution in [2.24, 2.45) is 11.8 Å². The zero-order chi connectivity index (χ0) is 18.4. The van der Waals surface area contributed by atoms with Gasteiger partial charge in [-0.25, -0.2) is 13.1 Å². The van der Waals surface area contributed by atoms with Crippen molar-refractivity contribution >= 4 is 26.0 Å². The third-order valence-electron chi connectivity index (χ3n) is 4.57.